The Morgan fingerprint density at radius 1 is 1.05 bits per heavy atom. The summed E-state index contributed by atoms with van der Waals surface area (Å²) in [7, 11) is 0. The van der Waals surface area contributed by atoms with Gasteiger partial charge < -0.3 is 14.4 Å². The number of fused-ring (bicyclic) bond motifs is 3. The molecule has 0 saturated carbocycles. The fourth-order valence-electron chi connectivity index (χ4n) is 5.87. The zero-order chi connectivity index (χ0) is 25.9. The molecule has 8 heteroatoms. The van der Waals surface area contributed by atoms with Crippen molar-refractivity contribution in [3.8, 4) is 0 Å². The fraction of sp³-hybridized carbons (Fsp3) is 0.300. The molecule has 2 aliphatic heterocycles. The molecule has 0 spiro atoms. The molecule has 0 bridgehead atoms. The van der Waals surface area contributed by atoms with Gasteiger partial charge >= 0.3 is 0 Å². The van der Waals surface area contributed by atoms with Crippen LogP contribution in [0.15, 0.2) is 77.3 Å². The van der Waals surface area contributed by atoms with E-state index in [0.717, 1.165) is 53.4 Å². The van der Waals surface area contributed by atoms with Crippen LogP contribution in [0.3, 0.4) is 0 Å². The van der Waals surface area contributed by atoms with Crippen LogP contribution in [0.2, 0.25) is 0 Å². The Hall–Kier alpha value is -4.01. The third-order valence-electron chi connectivity index (χ3n) is 8.07. The fourth-order valence-corrected chi connectivity index (χ4v) is 5.87. The van der Waals surface area contributed by atoms with Gasteiger partial charge in [-0.1, -0.05) is 71.9 Å². The second-order valence-corrected chi connectivity index (χ2v) is 10.7. The minimum atomic E-state index is -1.21. The van der Waals surface area contributed by atoms with E-state index in [1.165, 1.54) is 5.56 Å². The minimum Gasteiger partial charge on any atom is -0.450 e. The van der Waals surface area contributed by atoms with E-state index in [-0.39, 0.29) is 25.0 Å². The Labute approximate surface area is 220 Å². The molecule has 38 heavy (non-hydrogen) atoms. The van der Waals surface area contributed by atoms with Gasteiger partial charge in [0.25, 0.3) is 5.91 Å². The van der Waals surface area contributed by atoms with E-state index in [0.29, 0.717) is 11.5 Å². The third-order valence-corrected chi connectivity index (χ3v) is 8.07. The molecule has 2 aromatic heterocycles. The predicted octanol–water partition coefficient (Wildman–Crippen LogP) is 4.28. The van der Waals surface area contributed by atoms with Gasteiger partial charge in [-0.2, -0.15) is 0 Å². The minimum absolute atomic E-state index is 0.159. The van der Waals surface area contributed by atoms with E-state index < -0.39 is 5.60 Å². The Kier molecular flexibility index (Phi) is 5.35. The highest BCUT2D eigenvalue weighted by Gasteiger charge is 2.48. The number of rotatable bonds is 5. The van der Waals surface area contributed by atoms with E-state index >= 15 is 0 Å². The Bertz CT molecular complexity index is 1650. The first-order chi connectivity index (χ1) is 18.5. The number of aryl methyl sites for hydroxylation is 1. The molecule has 1 amide bonds. The largest absolute Gasteiger partial charge is 0.450 e. The van der Waals surface area contributed by atoms with E-state index in [1.807, 2.05) is 60.3 Å². The van der Waals surface area contributed by atoms with Crippen molar-refractivity contribution in [2.24, 2.45) is 0 Å². The number of aliphatic hydroxyl groups is 1. The van der Waals surface area contributed by atoms with Crippen LogP contribution in [-0.2, 0) is 12.1 Å². The average Bonchev–Trinajstić information content (AvgIpc) is 3.66. The molecule has 0 radical (unpaired) electrons. The molecule has 2 aliphatic rings. The molecule has 5 aromatic rings. The number of β-amino-alcohol motifs (C(OH)–C–C–N with tert-alkyl or cyclic N) is 1. The number of carbonyl (C=O) groups excluding carboxylic acids is 1. The number of benzene rings is 3. The molecule has 192 valence electrons. The second-order valence-electron chi connectivity index (χ2n) is 10.7. The van der Waals surface area contributed by atoms with E-state index in [1.54, 1.807) is 4.90 Å². The van der Waals surface area contributed by atoms with Gasteiger partial charge in [0.05, 0.1) is 25.3 Å². The summed E-state index contributed by atoms with van der Waals surface area (Å²) >= 11 is 0. The Morgan fingerprint density at radius 2 is 1.84 bits per heavy atom. The van der Waals surface area contributed by atoms with Crippen molar-refractivity contribution in [3.05, 3.63) is 95.5 Å². The zero-order valence-corrected chi connectivity index (χ0v) is 21.2. The molecule has 0 aliphatic carbocycles. The van der Waals surface area contributed by atoms with Gasteiger partial charge in [-0.25, -0.2) is 4.68 Å². The number of nitrogens with zero attached hydrogens (tertiary/aromatic N) is 5. The van der Waals surface area contributed by atoms with Gasteiger partial charge in [-0.15, -0.1) is 5.10 Å². The summed E-state index contributed by atoms with van der Waals surface area (Å²) in [6, 6.07) is 22.7. The van der Waals surface area contributed by atoms with Crippen molar-refractivity contribution in [1.82, 2.24) is 24.8 Å². The molecule has 1 N–H and O–H groups in total. The van der Waals surface area contributed by atoms with Gasteiger partial charge in [-0.3, -0.25) is 9.69 Å². The molecule has 8 nitrogen and oxygen atoms in total. The number of amides is 1. The Morgan fingerprint density at radius 3 is 2.68 bits per heavy atom. The van der Waals surface area contributed by atoms with Crippen molar-refractivity contribution in [2.75, 3.05) is 26.2 Å². The van der Waals surface area contributed by atoms with Crippen LogP contribution in [0.4, 0.5) is 0 Å². The van der Waals surface area contributed by atoms with Crippen LogP contribution in [0.5, 0.6) is 0 Å². The van der Waals surface area contributed by atoms with Gasteiger partial charge in [-0.05, 0) is 24.3 Å². The SMILES string of the molecule is Cc1c(C(=O)N2CC(O)(c3cn(C4CCN(Cc5ccccc5)C4)nn3)C2)oc2c1ccc1ccccc12. The maximum absolute atomic E-state index is 13.3. The summed E-state index contributed by atoms with van der Waals surface area (Å²) in [6.07, 6.45) is 2.83. The molecule has 2 saturated heterocycles. The monoisotopic (exact) mass is 507 g/mol. The maximum atomic E-state index is 13.3. The standard InChI is InChI=1S/C30H29N5O3/c1-20-24-12-11-22-9-5-6-10-25(22)28(24)38-27(20)29(36)34-18-30(37,19-34)26-17-35(32-31-26)23-13-14-33(16-23)15-21-7-3-2-4-8-21/h2-12,17,23,37H,13-16,18-19H2,1H3. The van der Waals surface area contributed by atoms with Crippen LogP contribution < -0.4 is 0 Å². The topological polar surface area (TPSA) is 87.6 Å². The molecule has 1 unspecified atom stereocenters. The quantitative estimate of drug-likeness (QED) is 0.382. The van der Waals surface area contributed by atoms with Crippen LogP contribution in [0.25, 0.3) is 21.7 Å². The van der Waals surface area contributed by atoms with Crippen molar-refractivity contribution in [2.45, 2.75) is 31.5 Å². The van der Waals surface area contributed by atoms with E-state index in [9.17, 15) is 9.90 Å². The summed E-state index contributed by atoms with van der Waals surface area (Å²) < 4.78 is 7.99. The number of likely N-dealkylation sites (tertiary alicyclic amines) is 2. The van der Waals surface area contributed by atoms with Crippen LogP contribution in [0, 0.1) is 6.92 Å². The molecular formula is C30H29N5O3. The Balaban J connectivity index is 1.04. The third kappa shape index (κ3) is 3.79. The maximum Gasteiger partial charge on any atom is 0.290 e. The lowest BCUT2D eigenvalue weighted by molar-refractivity contribution is -0.0900. The molecule has 7 rings (SSSR count). The summed E-state index contributed by atoms with van der Waals surface area (Å²) in [5, 5.41) is 22.9. The first-order valence-electron chi connectivity index (χ1n) is 13.1. The molecule has 4 heterocycles. The summed E-state index contributed by atoms with van der Waals surface area (Å²) in [4.78, 5) is 17.4. The van der Waals surface area contributed by atoms with E-state index in [4.69, 9.17) is 4.42 Å². The second kappa shape index (κ2) is 8.79. The smallest absolute Gasteiger partial charge is 0.290 e. The lowest BCUT2D eigenvalue weighted by Crippen LogP contribution is -2.61. The van der Waals surface area contributed by atoms with Gasteiger partial charge in [0.1, 0.15) is 16.9 Å². The van der Waals surface area contributed by atoms with Gasteiger partial charge in [0.2, 0.25) is 0 Å². The summed E-state index contributed by atoms with van der Waals surface area (Å²) in [6.45, 7) is 5.03. The highest BCUT2D eigenvalue weighted by atomic mass is 16.3. The van der Waals surface area contributed by atoms with Crippen molar-refractivity contribution < 1.29 is 14.3 Å². The normalized spacial score (nSPS) is 19.3. The number of furan rings is 1. The van der Waals surface area contributed by atoms with Gasteiger partial charge in [0, 0.05) is 36.0 Å². The highest BCUT2D eigenvalue weighted by Crippen LogP contribution is 2.36. The lowest BCUT2D eigenvalue weighted by atomic mass is 9.90. The molecule has 1 atom stereocenters. The lowest BCUT2D eigenvalue weighted by Gasteiger charge is -2.44. The van der Waals surface area contributed by atoms with Gasteiger partial charge in [0.15, 0.2) is 5.76 Å². The number of aromatic nitrogens is 3. The number of hydrogen-bond donors (Lipinski definition) is 1. The number of hydrogen-bond acceptors (Lipinski definition) is 6. The van der Waals surface area contributed by atoms with Crippen molar-refractivity contribution in [1.29, 1.82) is 0 Å². The molecule has 3 aromatic carbocycles. The van der Waals surface area contributed by atoms with Crippen LogP contribution >= 0.6 is 0 Å². The van der Waals surface area contributed by atoms with Crippen LogP contribution in [-0.4, -0.2) is 62.0 Å². The molecular weight excluding hydrogens is 478 g/mol. The highest BCUT2D eigenvalue weighted by molar-refractivity contribution is 6.09. The zero-order valence-electron chi connectivity index (χ0n) is 21.2. The number of carbonyl (C=O) groups is 1. The predicted molar refractivity (Wildman–Crippen MR) is 144 cm³/mol. The first-order valence-corrected chi connectivity index (χ1v) is 13.1. The van der Waals surface area contributed by atoms with Crippen molar-refractivity contribution >= 4 is 27.6 Å². The summed E-state index contributed by atoms with van der Waals surface area (Å²) in [5.74, 6) is 0.110. The average molecular weight is 508 g/mol. The van der Waals surface area contributed by atoms with Crippen LogP contribution in [0.1, 0.15) is 39.8 Å². The first kappa shape index (κ1) is 23.1. The summed E-state index contributed by atoms with van der Waals surface area (Å²) in [5.41, 5.74) is 2.14. The van der Waals surface area contributed by atoms with Crippen molar-refractivity contribution in [3.63, 3.8) is 0 Å². The van der Waals surface area contributed by atoms with E-state index in [2.05, 4.69) is 39.5 Å². The molecule has 2 fully saturated rings.